The lowest BCUT2D eigenvalue weighted by atomic mass is 9.42. The van der Waals surface area contributed by atoms with Gasteiger partial charge in [-0.05, 0) is 61.2 Å². The third kappa shape index (κ3) is 5.01. The lowest BCUT2D eigenvalue weighted by molar-refractivity contribution is -0.340. The first-order valence-electron chi connectivity index (χ1n) is 18.0. The van der Waals surface area contributed by atoms with E-state index in [-0.39, 0.29) is 59.9 Å². The maximum atomic E-state index is 12.4. The van der Waals surface area contributed by atoms with Crippen molar-refractivity contribution in [2.45, 2.75) is 152 Å². The Hall–Kier alpha value is -0.970. The predicted molar refractivity (Wildman–Crippen MR) is 166 cm³/mol. The van der Waals surface area contributed by atoms with Crippen LogP contribution in [0, 0.1) is 46.3 Å². The molecule has 0 unspecified atom stereocenters. The van der Waals surface area contributed by atoms with Crippen molar-refractivity contribution in [2.24, 2.45) is 46.3 Å². The van der Waals surface area contributed by atoms with Gasteiger partial charge in [0.15, 0.2) is 12.1 Å². The number of carbonyl (C=O) groups excluding carboxylic acids is 1. The number of fused-ring (bicyclic) bond motifs is 7. The van der Waals surface area contributed by atoms with Crippen LogP contribution in [0.25, 0.3) is 0 Å². The van der Waals surface area contributed by atoms with Crippen molar-refractivity contribution in [3.05, 3.63) is 0 Å². The molecule has 7 N–H and O–H groups in total. The smallest absolute Gasteiger partial charge is 0.302 e. The fourth-order valence-electron chi connectivity index (χ4n) is 12.1. The molecule has 0 bridgehead atoms. The minimum Gasteiger partial charge on any atom is -0.460 e. The first-order valence-corrected chi connectivity index (χ1v) is 18.0. The molecule has 3 saturated heterocycles. The first-order chi connectivity index (χ1) is 22.5. The van der Waals surface area contributed by atoms with Crippen LogP contribution in [0.15, 0.2) is 0 Å². The second-order valence-electron chi connectivity index (χ2n) is 17.0. The van der Waals surface area contributed by atoms with Crippen molar-refractivity contribution in [2.75, 3.05) is 13.2 Å². The van der Waals surface area contributed by atoms with E-state index in [9.17, 15) is 40.5 Å². The highest BCUT2D eigenvalue weighted by atomic mass is 16.7. The molecule has 7 rings (SSSR count). The minimum absolute atomic E-state index is 0.0140. The van der Waals surface area contributed by atoms with Crippen molar-refractivity contribution in [1.82, 2.24) is 0 Å². The summed E-state index contributed by atoms with van der Waals surface area (Å²) in [5, 5.41) is 76.3. The topological polar surface area (TPSA) is 205 Å². The first kappa shape index (κ1) is 35.4. The van der Waals surface area contributed by atoms with Gasteiger partial charge in [-0.3, -0.25) is 4.79 Å². The van der Waals surface area contributed by atoms with Crippen LogP contribution in [0.2, 0.25) is 0 Å². The van der Waals surface area contributed by atoms with Crippen LogP contribution in [0.4, 0.5) is 0 Å². The summed E-state index contributed by atoms with van der Waals surface area (Å²) >= 11 is 0. The highest BCUT2D eigenvalue weighted by molar-refractivity contribution is 5.66. The zero-order valence-corrected chi connectivity index (χ0v) is 28.7. The van der Waals surface area contributed by atoms with Gasteiger partial charge in [0.25, 0.3) is 0 Å². The van der Waals surface area contributed by atoms with Gasteiger partial charge in [-0.25, -0.2) is 0 Å². The molecule has 48 heavy (non-hydrogen) atoms. The summed E-state index contributed by atoms with van der Waals surface area (Å²) in [7, 11) is 0. The number of rotatable bonds is 4. The molecule has 13 heteroatoms. The number of aliphatic hydroxyl groups excluding tert-OH is 6. The Morgan fingerprint density at radius 2 is 1.67 bits per heavy atom. The Morgan fingerprint density at radius 1 is 0.938 bits per heavy atom. The van der Waals surface area contributed by atoms with Crippen LogP contribution >= 0.6 is 0 Å². The molecule has 0 amide bonds. The van der Waals surface area contributed by atoms with Gasteiger partial charge >= 0.3 is 5.97 Å². The molecule has 0 aromatic rings. The summed E-state index contributed by atoms with van der Waals surface area (Å²) < 4.78 is 30.8. The highest BCUT2D eigenvalue weighted by Gasteiger charge is 2.73. The zero-order valence-electron chi connectivity index (χ0n) is 28.7. The molecular weight excluding hydrogens is 628 g/mol. The number of aliphatic hydroxyl groups is 7. The fraction of sp³-hybridized carbons (Fsp3) is 0.971. The summed E-state index contributed by atoms with van der Waals surface area (Å²) in [6.45, 7) is 9.60. The maximum Gasteiger partial charge on any atom is 0.302 e. The largest absolute Gasteiger partial charge is 0.460 e. The van der Waals surface area contributed by atoms with Crippen molar-refractivity contribution in [3.8, 4) is 0 Å². The van der Waals surface area contributed by atoms with Crippen LogP contribution in [0.5, 0.6) is 0 Å². The quantitative estimate of drug-likeness (QED) is 0.157. The van der Waals surface area contributed by atoms with E-state index in [1.807, 2.05) is 13.8 Å². The van der Waals surface area contributed by atoms with E-state index in [1.54, 1.807) is 0 Å². The Balaban J connectivity index is 1.16. The van der Waals surface area contributed by atoms with E-state index < -0.39 is 84.5 Å². The lowest BCUT2D eigenvalue weighted by Gasteiger charge is -2.66. The molecule has 3 aliphatic heterocycles. The Kier molecular flexibility index (Phi) is 8.89. The van der Waals surface area contributed by atoms with Crippen molar-refractivity contribution in [1.29, 1.82) is 0 Å². The van der Waals surface area contributed by atoms with Crippen LogP contribution in [0.1, 0.15) is 79.6 Å². The van der Waals surface area contributed by atoms with Gasteiger partial charge in [-0.2, -0.15) is 0 Å². The van der Waals surface area contributed by atoms with E-state index in [1.165, 1.54) is 6.92 Å². The number of hydrogen-bond donors (Lipinski definition) is 7. The van der Waals surface area contributed by atoms with Crippen molar-refractivity contribution in [3.63, 3.8) is 0 Å². The van der Waals surface area contributed by atoms with Gasteiger partial charge in [0.1, 0.15) is 30.5 Å². The number of hydrogen-bond acceptors (Lipinski definition) is 13. The molecule has 7 aliphatic rings. The van der Waals surface area contributed by atoms with Gasteiger partial charge in [-0.1, -0.05) is 27.7 Å². The van der Waals surface area contributed by atoms with E-state index >= 15 is 0 Å². The molecule has 0 aromatic heterocycles. The third-order valence-electron chi connectivity index (χ3n) is 14.7. The summed E-state index contributed by atoms with van der Waals surface area (Å²) in [5.41, 5.74) is -2.58. The Morgan fingerprint density at radius 3 is 2.33 bits per heavy atom. The van der Waals surface area contributed by atoms with Gasteiger partial charge in [0, 0.05) is 37.0 Å². The van der Waals surface area contributed by atoms with E-state index in [0.717, 1.165) is 19.3 Å². The summed E-state index contributed by atoms with van der Waals surface area (Å²) in [5.74, 6) is -0.778. The standard InChI is InChI=1S/C35H56O13/c1-15-14-44-35(10-21(15)38)16(2)27-22(48-35)9-20-18-8-26(39)34(43)12-24(45-17(3)37)23(11-33(34,5)19(18)6-7-32(20,27)4)46-31-30(42)29(41)28(40)25(13-36)47-31/h15-16,18-31,36,38-43H,6-14H2,1-5H3/t15-,16-,18+,19-,20-,21-,22-,23+,24+,25+,26+,27-,28+,29-,30+,31+,32-,33+,34-,35+/m0/s1. The molecule has 4 saturated carbocycles. The molecule has 1 spiro atoms. The lowest BCUT2D eigenvalue weighted by Crippen LogP contribution is -2.71. The summed E-state index contributed by atoms with van der Waals surface area (Å²) in [6.07, 6.45) is -7.55. The summed E-state index contributed by atoms with van der Waals surface area (Å²) in [4.78, 5) is 12.2. The van der Waals surface area contributed by atoms with Crippen LogP contribution in [0.3, 0.4) is 0 Å². The normalized spacial score (nSPS) is 59.3. The second kappa shape index (κ2) is 12.0. The maximum absolute atomic E-state index is 12.4. The molecular formula is C35H56O13. The van der Waals surface area contributed by atoms with Gasteiger partial charge < -0.3 is 59.4 Å². The molecule has 0 radical (unpaired) electrons. The van der Waals surface area contributed by atoms with Crippen LogP contribution in [-0.2, 0) is 28.5 Å². The van der Waals surface area contributed by atoms with Crippen molar-refractivity contribution >= 4 is 5.97 Å². The molecule has 0 aromatic carbocycles. The second-order valence-corrected chi connectivity index (χ2v) is 17.0. The molecule has 7 fully saturated rings. The Labute approximate surface area is 281 Å². The van der Waals surface area contributed by atoms with E-state index in [2.05, 4.69) is 13.8 Å². The molecule has 20 atom stereocenters. The highest BCUT2D eigenvalue weighted by Crippen LogP contribution is 2.72. The SMILES string of the molecule is CC(=O)O[C@@H]1C[C@]2(O)[C@H](O)C[C@H]3[C@@H]4C[C@@H]5O[C@]6(C[C@H](O)[C@@H](C)CO6)[C@@H](C)[C@@H]5[C@@]4(C)CC[C@@H]3[C@@]2(C)C[C@H]1O[C@@H]1O[C@H](CO)[C@@H](O)[C@H](O)[C@H]1O. The molecule has 3 heterocycles. The number of esters is 1. The average molecular weight is 685 g/mol. The third-order valence-corrected chi connectivity index (χ3v) is 14.7. The van der Waals surface area contributed by atoms with Gasteiger partial charge in [-0.15, -0.1) is 0 Å². The Bertz CT molecular complexity index is 1230. The number of carbonyl (C=O) groups is 1. The molecule has 274 valence electrons. The summed E-state index contributed by atoms with van der Waals surface area (Å²) in [6, 6.07) is 0. The van der Waals surface area contributed by atoms with Gasteiger partial charge in [0.2, 0.25) is 0 Å². The van der Waals surface area contributed by atoms with E-state index in [4.69, 9.17) is 23.7 Å². The van der Waals surface area contributed by atoms with Gasteiger partial charge in [0.05, 0.1) is 43.2 Å². The minimum atomic E-state index is -1.64. The van der Waals surface area contributed by atoms with Crippen LogP contribution < -0.4 is 0 Å². The van der Waals surface area contributed by atoms with Crippen LogP contribution in [-0.4, -0.2) is 128 Å². The molecule has 13 nitrogen and oxygen atoms in total. The number of ether oxygens (including phenoxy) is 5. The molecule has 4 aliphatic carbocycles. The monoisotopic (exact) mass is 684 g/mol. The predicted octanol–water partition coefficient (Wildman–Crippen LogP) is 0.216. The fourth-order valence-corrected chi connectivity index (χ4v) is 12.1. The van der Waals surface area contributed by atoms with E-state index in [0.29, 0.717) is 19.4 Å². The average Bonchev–Trinajstić information content (AvgIpc) is 3.46. The van der Waals surface area contributed by atoms with Crippen molar-refractivity contribution < 1.29 is 64.2 Å². The zero-order chi connectivity index (χ0) is 34.7.